The van der Waals surface area contributed by atoms with Crippen LogP contribution in [0.1, 0.15) is 32.3 Å². The first kappa shape index (κ1) is 15.7. The molecule has 0 aliphatic heterocycles. The van der Waals surface area contributed by atoms with E-state index in [0.29, 0.717) is 4.90 Å². The molecule has 3 nitrogen and oxygen atoms in total. The van der Waals surface area contributed by atoms with E-state index in [2.05, 4.69) is 15.9 Å². The fourth-order valence-electron chi connectivity index (χ4n) is 1.94. The molecule has 1 aromatic carbocycles. The van der Waals surface area contributed by atoms with Gasteiger partial charge in [-0.05, 0) is 43.5 Å². The second-order valence-corrected chi connectivity index (χ2v) is 7.25. The molecule has 0 saturated carbocycles. The lowest BCUT2D eigenvalue weighted by Crippen LogP contribution is -2.36. The van der Waals surface area contributed by atoms with Gasteiger partial charge in [0.15, 0.2) is 0 Å². The second-order valence-electron chi connectivity index (χ2n) is 4.40. The van der Waals surface area contributed by atoms with Gasteiger partial charge in [-0.15, -0.1) is 0 Å². The number of benzene rings is 1. The van der Waals surface area contributed by atoms with Gasteiger partial charge in [0.1, 0.15) is 0 Å². The lowest BCUT2D eigenvalue weighted by Gasteiger charge is -2.25. The minimum absolute atomic E-state index is 0.0546. The van der Waals surface area contributed by atoms with Gasteiger partial charge in [0.2, 0.25) is 10.0 Å². The number of hydrogen-bond acceptors (Lipinski definition) is 2. The summed E-state index contributed by atoms with van der Waals surface area (Å²) in [5.74, 6) is 0. The van der Waals surface area contributed by atoms with E-state index < -0.39 is 10.0 Å². The van der Waals surface area contributed by atoms with E-state index in [1.807, 2.05) is 20.8 Å². The van der Waals surface area contributed by atoms with Crippen molar-refractivity contribution in [2.75, 3.05) is 7.05 Å². The standard InChI is InChI=1S/C13H20BrNO2S/c1-5-11(6-2)15(4)18(16,17)12-7-8-13(14)10(3)9-12/h7-9,11H,5-6H2,1-4H3. The molecule has 0 N–H and O–H groups in total. The van der Waals surface area contributed by atoms with Gasteiger partial charge in [-0.1, -0.05) is 29.8 Å². The van der Waals surface area contributed by atoms with Crippen LogP contribution < -0.4 is 0 Å². The van der Waals surface area contributed by atoms with Crippen molar-refractivity contribution < 1.29 is 8.42 Å². The van der Waals surface area contributed by atoms with E-state index in [9.17, 15) is 8.42 Å². The third-order valence-corrected chi connectivity index (χ3v) is 6.06. The van der Waals surface area contributed by atoms with Crippen LogP contribution in [0.25, 0.3) is 0 Å². The summed E-state index contributed by atoms with van der Waals surface area (Å²) in [5.41, 5.74) is 0.925. The molecule has 0 aromatic heterocycles. The molecule has 0 heterocycles. The average molecular weight is 334 g/mol. The molecule has 0 spiro atoms. The first-order valence-corrected chi connectivity index (χ1v) is 8.32. The monoisotopic (exact) mass is 333 g/mol. The molecule has 1 aromatic rings. The summed E-state index contributed by atoms with van der Waals surface area (Å²) in [6, 6.07) is 5.19. The molecule has 0 radical (unpaired) electrons. The molecule has 0 fully saturated rings. The Morgan fingerprint density at radius 1 is 1.28 bits per heavy atom. The summed E-state index contributed by atoms with van der Waals surface area (Å²) in [6.07, 6.45) is 1.64. The molecule has 0 amide bonds. The zero-order valence-corrected chi connectivity index (χ0v) is 13.7. The lowest BCUT2D eigenvalue weighted by molar-refractivity contribution is 0.349. The summed E-state index contributed by atoms with van der Waals surface area (Å²) >= 11 is 3.38. The van der Waals surface area contributed by atoms with Gasteiger partial charge in [0.25, 0.3) is 0 Å². The van der Waals surface area contributed by atoms with Crippen molar-refractivity contribution in [3.63, 3.8) is 0 Å². The largest absolute Gasteiger partial charge is 0.243 e. The Bertz CT molecular complexity index is 510. The van der Waals surface area contributed by atoms with Crippen LogP contribution >= 0.6 is 15.9 Å². The van der Waals surface area contributed by atoms with E-state index in [-0.39, 0.29) is 6.04 Å². The van der Waals surface area contributed by atoms with Crippen LogP contribution in [0.3, 0.4) is 0 Å². The molecule has 0 bridgehead atoms. The zero-order valence-electron chi connectivity index (χ0n) is 11.3. The normalized spacial score (nSPS) is 12.4. The highest BCUT2D eigenvalue weighted by molar-refractivity contribution is 9.10. The number of nitrogens with zero attached hydrogens (tertiary/aromatic N) is 1. The third kappa shape index (κ3) is 3.13. The SMILES string of the molecule is CCC(CC)N(C)S(=O)(=O)c1ccc(Br)c(C)c1. The summed E-state index contributed by atoms with van der Waals surface area (Å²) in [6.45, 7) is 5.90. The number of hydrogen-bond donors (Lipinski definition) is 0. The van der Waals surface area contributed by atoms with Crippen LogP contribution in [0.4, 0.5) is 0 Å². The number of sulfonamides is 1. The molecule has 18 heavy (non-hydrogen) atoms. The van der Waals surface area contributed by atoms with Crippen LogP contribution in [0.5, 0.6) is 0 Å². The first-order chi connectivity index (χ1) is 8.34. The van der Waals surface area contributed by atoms with Gasteiger partial charge in [-0.25, -0.2) is 8.42 Å². The summed E-state index contributed by atoms with van der Waals surface area (Å²) in [7, 11) is -1.73. The van der Waals surface area contributed by atoms with Crippen LogP contribution in [0.2, 0.25) is 0 Å². The number of rotatable bonds is 5. The molecule has 1 rings (SSSR count). The van der Waals surface area contributed by atoms with Crippen molar-refractivity contribution in [1.29, 1.82) is 0 Å². The maximum Gasteiger partial charge on any atom is 0.243 e. The zero-order chi connectivity index (χ0) is 13.9. The number of halogens is 1. The summed E-state index contributed by atoms with van der Waals surface area (Å²) < 4.78 is 27.3. The Hall–Kier alpha value is -0.390. The molecular weight excluding hydrogens is 314 g/mol. The van der Waals surface area contributed by atoms with E-state index in [0.717, 1.165) is 22.9 Å². The van der Waals surface area contributed by atoms with Crippen molar-refractivity contribution >= 4 is 26.0 Å². The molecule has 0 saturated heterocycles. The van der Waals surface area contributed by atoms with Gasteiger partial charge in [-0.2, -0.15) is 4.31 Å². The van der Waals surface area contributed by atoms with E-state index >= 15 is 0 Å². The Balaban J connectivity index is 3.16. The maximum atomic E-state index is 12.5. The Kier molecular flexibility index (Phi) is 5.37. The van der Waals surface area contributed by atoms with E-state index in [1.54, 1.807) is 25.2 Å². The highest BCUT2D eigenvalue weighted by Crippen LogP contribution is 2.24. The van der Waals surface area contributed by atoms with Crippen LogP contribution in [0.15, 0.2) is 27.6 Å². The van der Waals surface area contributed by atoms with Gasteiger partial charge in [-0.3, -0.25) is 0 Å². The minimum atomic E-state index is -3.39. The van der Waals surface area contributed by atoms with Crippen molar-refractivity contribution in [3.05, 3.63) is 28.2 Å². The smallest absolute Gasteiger partial charge is 0.207 e. The Labute approximate surface area is 118 Å². The molecule has 0 aliphatic carbocycles. The molecule has 0 aliphatic rings. The fraction of sp³-hybridized carbons (Fsp3) is 0.538. The van der Waals surface area contributed by atoms with Crippen molar-refractivity contribution in [2.24, 2.45) is 0 Å². The van der Waals surface area contributed by atoms with Gasteiger partial charge in [0, 0.05) is 17.6 Å². The van der Waals surface area contributed by atoms with E-state index in [4.69, 9.17) is 0 Å². The Morgan fingerprint density at radius 2 is 1.83 bits per heavy atom. The second kappa shape index (κ2) is 6.17. The van der Waals surface area contributed by atoms with Crippen LogP contribution in [-0.2, 0) is 10.0 Å². The molecule has 0 unspecified atom stereocenters. The average Bonchev–Trinajstić information content (AvgIpc) is 2.33. The highest BCUT2D eigenvalue weighted by atomic mass is 79.9. The van der Waals surface area contributed by atoms with Crippen molar-refractivity contribution in [3.8, 4) is 0 Å². The first-order valence-electron chi connectivity index (χ1n) is 6.08. The maximum absolute atomic E-state index is 12.5. The minimum Gasteiger partial charge on any atom is -0.207 e. The van der Waals surface area contributed by atoms with Crippen LogP contribution in [-0.4, -0.2) is 25.8 Å². The van der Waals surface area contributed by atoms with E-state index in [1.165, 1.54) is 4.31 Å². The van der Waals surface area contributed by atoms with Crippen molar-refractivity contribution in [2.45, 2.75) is 44.6 Å². The molecule has 0 atom stereocenters. The van der Waals surface area contributed by atoms with Gasteiger partial charge in [0.05, 0.1) is 4.90 Å². The Morgan fingerprint density at radius 3 is 2.28 bits per heavy atom. The summed E-state index contributed by atoms with van der Waals surface area (Å²) in [4.78, 5) is 0.359. The van der Waals surface area contributed by atoms with Crippen molar-refractivity contribution in [1.82, 2.24) is 4.31 Å². The van der Waals surface area contributed by atoms with Gasteiger partial charge < -0.3 is 0 Å². The summed E-state index contributed by atoms with van der Waals surface area (Å²) in [5, 5.41) is 0. The quantitative estimate of drug-likeness (QED) is 0.826. The topological polar surface area (TPSA) is 37.4 Å². The number of aryl methyl sites for hydroxylation is 1. The third-order valence-electron chi connectivity index (χ3n) is 3.26. The molecular formula is C13H20BrNO2S. The van der Waals surface area contributed by atoms with Gasteiger partial charge >= 0.3 is 0 Å². The highest BCUT2D eigenvalue weighted by Gasteiger charge is 2.26. The van der Waals surface area contributed by atoms with Crippen LogP contribution in [0, 0.1) is 6.92 Å². The predicted octanol–water partition coefficient (Wildman–Crippen LogP) is 3.57. The predicted molar refractivity (Wildman–Crippen MR) is 78.2 cm³/mol. The lowest BCUT2D eigenvalue weighted by atomic mass is 10.2. The molecule has 102 valence electrons. The molecule has 5 heteroatoms. The fourth-order valence-corrected chi connectivity index (χ4v) is 3.78.